The Kier molecular flexibility index (Phi) is 2.66. The number of nitrogens with zero attached hydrogens (tertiary/aromatic N) is 1. The van der Waals surface area contributed by atoms with Gasteiger partial charge in [-0.05, 0) is 5.56 Å². The van der Waals surface area contributed by atoms with Crippen LogP contribution in [0.25, 0.3) is 0 Å². The summed E-state index contributed by atoms with van der Waals surface area (Å²) in [5.74, 6) is 1.13. The van der Waals surface area contributed by atoms with Crippen LogP contribution < -0.4 is 4.74 Å². The van der Waals surface area contributed by atoms with E-state index < -0.39 is 0 Å². The number of hydrogen-bond donors (Lipinski definition) is 0. The van der Waals surface area contributed by atoms with E-state index in [2.05, 4.69) is 4.98 Å². The van der Waals surface area contributed by atoms with Crippen LogP contribution in [0.3, 0.4) is 0 Å². The van der Waals surface area contributed by atoms with Crippen molar-refractivity contribution in [3.8, 4) is 5.88 Å². The summed E-state index contributed by atoms with van der Waals surface area (Å²) in [5, 5.41) is 0. The van der Waals surface area contributed by atoms with Crippen LogP contribution in [0, 0.1) is 0 Å². The molecule has 4 heteroatoms. The van der Waals surface area contributed by atoms with E-state index >= 15 is 0 Å². The van der Waals surface area contributed by atoms with E-state index in [0.717, 1.165) is 5.56 Å². The molecule has 0 saturated carbocycles. The monoisotopic (exact) mass is 199 g/mol. The van der Waals surface area contributed by atoms with E-state index in [4.69, 9.17) is 21.1 Å². The van der Waals surface area contributed by atoms with Gasteiger partial charge in [-0.3, -0.25) is 0 Å². The first kappa shape index (κ1) is 8.78. The maximum atomic E-state index is 5.62. The third-order valence-electron chi connectivity index (χ3n) is 1.85. The molecule has 2 rings (SSSR count). The number of alkyl halides is 1. The van der Waals surface area contributed by atoms with Crippen molar-refractivity contribution in [3.05, 3.63) is 23.9 Å². The molecule has 0 aromatic carbocycles. The van der Waals surface area contributed by atoms with Gasteiger partial charge >= 0.3 is 0 Å². The maximum absolute atomic E-state index is 5.62. The van der Waals surface area contributed by atoms with Crippen molar-refractivity contribution >= 4 is 11.6 Å². The Hall–Kier alpha value is -0.800. The normalized spacial score (nSPS) is 16.7. The van der Waals surface area contributed by atoms with Crippen LogP contribution in [0.5, 0.6) is 5.88 Å². The quantitative estimate of drug-likeness (QED) is 0.693. The Balaban J connectivity index is 1.96. The molecule has 1 aliphatic heterocycles. The Labute approximate surface area is 81.6 Å². The van der Waals surface area contributed by atoms with Crippen molar-refractivity contribution in [2.75, 3.05) is 13.2 Å². The van der Waals surface area contributed by atoms with Crippen LogP contribution in [-0.2, 0) is 10.6 Å². The zero-order chi connectivity index (χ0) is 9.10. The molecular weight excluding hydrogens is 190 g/mol. The van der Waals surface area contributed by atoms with Crippen LogP contribution in [0.2, 0.25) is 0 Å². The lowest BCUT2D eigenvalue weighted by atomic mass is 10.3. The summed E-state index contributed by atoms with van der Waals surface area (Å²) >= 11 is 5.62. The zero-order valence-corrected chi connectivity index (χ0v) is 7.83. The molecule has 1 fully saturated rings. The highest BCUT2D eigenvalue weighted by atomic mass is 35.5. The van der Waals surface area contributed by atoms with Crippen LogP contribution >= 0.6 is 11.6 Å². The summed E-state index contributed by atoms with van der Waals surface area (Å²) in [5.41, 5.74) is 0.999. The fourth-order valence-corrected chi connectivity index (χ4v) is 1.17. The average Bonchev–Trinajstić information content (AvgIpc) is 2.12. The van der Waals surface area contributed by atoms with Crippen molar-refractivity contribution in [1.82, 2.24) is 4.98 Å². The molecule has 0 spiro atoms. The standard InChI is InChI=1S/C9H10ClNO2/c10-3-7-1-2-9(11-4-7)13-8-5-12-6-8/h1-2,4,8H,3,5-6H2. The van der Waals surface area contributed by atoms with Crippen molar-refractivity contribution in [3.63, 3.8) is 0 Å². The van der Waals surface area contributed by atoms with Crippen molar-refractivity contribution in [2.45, 2.75) is 12.0 Å². The van der Waals surface area contributed by atoms with Gasteiger partial charge in [-0.2, -0.15) is 0 Å². The van der Waals surface area contributed by atoms with Gasteiger partial charge in [-0.25, -0.2) is 4.98 Å². The van der Waals surface area contributed by atoms with E-state index in [1.165, 1.54) is 0 Å². The van der Waals surface area contributed by atoms with Gasteiger partial charge in [0.15, 0.2) is 0 Å². The van der Waals surface area contributed by atoms with E-state index in [1.807, 2.05) is 12.1 Å². The molecule has 0 bridgehead atoms. The smallest absolute Gasteiger partial charge is 0.213 e. The molecule has 1 aromatic heterocycles. The Bertz CT molecular complexity index is 271. The van der Waals surface area contributed by atoms with Gasteiger partial charge in [0.25, 0.3) is 0 Å². The summed E-state index contributed by atoms with van der Waals surface area (Å²) in [6, 6.07) is 3.74. The van der Waals surface area contributed by atoms with E-state index in [0.29, 0.717) is 25.0 Å². The highest BCUT2D eigenvalue weighted by Crippen LogP contribution is 2.14. The van der Waals surface area contributed by atoms with Crippen molar-refractivity contribution in [2.24, 2.45) is 0 Å². The SMILES string of the molecule is ClCc1ccc(OC2COC2)nc1. The molecular formula is C9H10ClNO2. The van der Waals surface area contributed by atoms with Crippen LogP contribution in [0.15, 0.2) is 18.3 Å². The highest BCUT2D eigenvalue weighted by Gasteiger charge is 2.20. The minimum Gasteiger partial charge on any atom is -0.469 e. The summed E-state index contributed by atoms with van der Waals surface area (Å²) in [4.78, 5) is 4.11. The molecule has 1 aromatic rings. The summed E-state index contributed by atoms with van der Waals surface area (Å²) < 4.78 is 10.4. The first-order chi connectivity index (χ1) is 6.38. The number of aromatic nitrogens is 1. The van der Waals surface area contributed by atoms with Gasteiger partial charge in [-0.1, -0.05) is 6.07 Å². The van der Waals surface area contributed by atoms with E-state index in [1.54, 1.807) is 6.20 Å². The summed E-state index contributed by atoms with van der Waals surface area (Å²) in [6.45, 7) is 1.33. The first-order valence-electron chi connectivity index (χ1n) is 4.14. The average molecular weight is 200 g/mol. The molecule has 1 saturated heterocycles. The van der Waals surface area contributed by atoms with Crippen molar-refractivity contribution < 1.29 is 9.47 Å². The lowest BCUT2D eigenvalue weighted by molar-refractivity contribution is -0.0813. The number of ether oxygens (including phenoxy) is 2. The molecule has 1 aliphatic rings. The topological polar surface area (TPSA) is 31.4 Å². The fourth-order valence-electron chi connectivity index (χ4n) is 1.01. The predicted molar refractivity (Wildman–Crippen MR) is 49.0 cm³/mol. The molecule has 3 nitrogen and oxygen atoms in total. The molecule has 0 aliphatic carbocycles. The molecule has 0 atom stereocenters. The van der Waals surface area contributed by atoms with Crippen LogP contribution in [-0.4, -0.2) is 24.3 Å². The Morgan fingerprint density at radius 2 is 2.38 bits per heavy atom. The van der Waals surface area contributed by atoms with Gasteiger partial charge in [0.2, 0.25) is 5.88 Å². The van der Waals surface area contributed by atoms with Gasteiger partial charge in [0, 0.05) is 18.1 Å². The molecule has 0 unspecified atom stereocenters. The number of rotatable bonds is 3. The van der Waals surface area contributed by atoms with Crippen LogP contribution in [0.4, 0.5) is 0 Å². The number of hydrogen-bond acceptors (Lipinski definition) is 3. The lowest BCUT2D eigenvalue weighted by Crippen LogP contribution is -2.38. The van der Waals surface area contributed by atoms with Gasteiger partial charge in [0.05, 0.1) is 13.2 Å². The van der Waals surface area contributed by atoms with Gasteiger partial charge in [0.1, 0.15) is 6.10 Å². The third kappa shape index (κ3) is 2.11. The largest absolute Gasteiger partial charge is 0.469 e. The second-order valence-electron chi connectivity index (χ2n) is 2.92. The van der Waals surface area contributed by atoms with E-state index in [9.17, 15) is 0 Å². The lowest BCUT2D eigenvalue weighted by Gasteiger charge is -2.25. The summed E-state index contributed by atoms with van der Waals surface area (Å²) in [7, 11) is 0. The molecule has 0 radical (unpaired) electrons. The first-order valence-corrected chi connectivity index (χ1v) is 4.67. The fraction of sp³-hybridized carbons (Fsp3) is 0.444. The van der Waals surface area contributed by atoms with Crippen LogP contribution in [0.1, 0.15) is 5.56 Å². The number of halogens is 1. The number of pyridine rings is 1. The van der Waals surface area contributed by atoms with Gasteiger partial charge < -0.3 is 9.47 Å². The summed E-state index contributed by atoms with van der Waals surface area (Å²) in [6.07, 6.45) is 1.90. The second-order valence-corrected chi connectivity index (χ2v) is 3.18. The molecule has 2 heterocycles. The van der Waals surface area contributed by atoms with E-state index in [-0.39, 0.29) is 6.10 Å². The third-order valence-corrected chi connectivity index (χ3v) is 2.16. The maximum Gasteiger partial charge on any atom is 0.213 e. The minimum absolute atomic E-state index is 0.175. The molecule has 70 valence electrons. The Morgan fingerprint density at radius 1 is 1.54 bits per heavy atom. The molecule has 13 heavy (non-hydrogen) atoms. The predicted octanol–water partition coefficient (Wildman–Crippen LogP) is 1.60. The molecule has 0 N–H and O–H groups in total. The van der Waals surface area contributed by atoms with Gasteiger partial charge in [-0.15, -0.1) is 11.6 Å². The highest BCUT2D eigenvalue weighted by molar-refractivity contribution is 6.17. The van der Waals surface area contributed by atoms with Crippen molar-refractivity contribution in [1.29, 1.82) is 0 Å². The zero-order valence-electron chi connectivity index (χ0n) is 7.07. The Morgan fingerprint density at radius 3 is 2.85 bits per heavy atom. The minimum atomic E-state index is 0.175. The second kappa shape index (κ2) is 3.94. The molecule has 0 amide bonds.